The molecule has 0 spiro atoms. The first-order chi connectivity index (χ1) is 10.3. The molecular weight excluding hydrogens is 258 g/mol. The number of hydrogen-bond acceptors (Lipinski definition) is 2. The van der Waals surface area contributed by atoms with E-state index in [2.05, 4.69) is 23.5 Å². The lowest BCUT2D eigenvalue weighted by atomic mass is 10.0. The summed E-state index contributed by atoms with van der Waals surface area (Å²) in [7, 11) is 2.01. The van der Waals surface area contributed by atoms with Crippen LogP contribution in [-0.4, -0.2) is 19.7 Å². The van der Waals surface area contributed by atoms with Gasteiger partial charge in [-0.2, -0.15) is 0 Å². The maximum Gasteiger partial charge on any atom is 0.119 e. The molecule has 0 radical (unpaired) electrons. The number of likely N-dealkylation sites (N-methyl/N-ethyl adjacent to an activating group) is 1. The Kier molecular flexibility index (Phi) is 4.56. The van der Waals surface area contributed by atoms with E-state index in [0.717, 1.165) is 12.2 Å². The molecule has 0 bridgehead atoms. The van der Waals surface area contributed by atoms with Crippen molar-refractivity contribution >= 4 is 0 Å². The number of fused-ring (bicyclic) bond motifs is 1. The Balaban J connectivity index is 1.59. The second-order valence-electron chi connectivity index (χ2n) is 5.77. The van der Waals surface area contributed by atoms with Crippen molar-refractivity contribution in [2.45, 2.75) is 31.7 Å². The third kappa shape index (κ3) is 3.64. The highest BCUT2D eigenvalue weighted by Crippen LogP contribution is 2.23. The van der Waals surface area contributed by atoms with Gasteiger partial charge in [-0.25, -0.2) is 0 Å². The monoisotopic (exact) mass is 281 g/mol. The lowest BCUT2D eigenvalue weighted by Crippen LogP contribution is -2.33. The van der Waals surface area contributed by atoms with Crippen molar-refractivity contribution in [3.05, 3.63) is 65.2 Å². The van der Waals surface area contributed by atoms with E-state index in [4.69, 9.17) is 4.74 Å². The minimum absolute atomic E-state index is 0.338. The average Bonchev–Trinajstić information content (AvgIpc) is 3.00. The van der Waals surface area contributed by atoms with Gasteiger partial charge in [0.05, 0.1) is 0 Å². The van der Waals surface area contributed by atoms with E-state index in [-0.39, 0.29) is 0 Å². The molecule has 2 aromatic carbocycles. The standard InChI is InChI=1S/C19H23NO/c1-20-18(14-21-19-8-3-2-4-9-19)13-15-10-11-16-6-5-7-17(16)12-15/h2-4,8-12,18,20H,5-7,13-14H2,1H3. The topological polar surface area (TPSA) is 21.3 Å². The zero-order valence-corrected chi connectivity index (χ0v) is 12.6. The Hall–Kier alpha value is -1.80. The van der Waals surface area contributed by atoms with Gasteiger partial charge in [0.15, 0.2) is 0 Å². The number of hydrogen-bond donors (Lipinski definition) is 1. The van der Waals surface area contributed by atoms with Crippen LogP contribution < -0.4 is 10.1 Å². The van der Waals surface area contributed by atoms with Crippen LogP contribution >= 0.6 is 0 Å². The minimum atomic E-state index is 0.338. The van der Waals surface area contributed by atoms with Crippen LogP contribution in [0, 0.1) is 0 Å². The molecule has 0 saturated carbocycles. The minimum Gasteiger partial charge on any atom is -0.492 e. The first-order valence-electron chi connectivity index (χ1n) is 7.81. The second kappa shape index (κ2) is 6.77. The molecule has 3 rings (SSSR count). The molecule has 0 heterocycles. The van der Waals surface area contributed by atoms with E-state index < -0.39 is 0 Å². The van der Waals surface area contributed by atoms with Crippen LogP contribution in [0.25, 0.3) is 0 Å². The van der Waals surface area contributed by atoms with Crippen LogP contribution in [0.1, 0.15) is 23.1 Å². The van der Waals surface area contributed by atoms with E-state index >= 15 is 0 Å². The van der Waals surface area contributed by atoms with Gasteiger partial charge in [0.1, 0.15) is 12.4 Å². The van der Waals surface area contributed by atoms with Crippen molar-refractivity contribution in [3.8, 4) is 5.75 Å². The lowest BCUT2D eigenvalue weighted by Gasteiger charge is -2.17. The lowest BCUT2D eigenvalue weighted by molar-refractivity contribution is 0.270. The number of rotatable bonds is 6. The molecule has 110 valence electrons. The fraction of sp³-hybridized carbons (Fsp3) is 0.368. The number of benzene rings is 2. The van der Waals surface area contributed by atoms with E-state index in [1.54, 1.807) is 11.1 Å². The van der Waals surface area contributed by atoms with Crippen molar-refractivity contribution in [2.24, 2.45) is 0 Å². The Morgan fingerprint density at radius 1 is 1.05 bits per heavy atom. The third-order valence-corrected chi connectivity index (χ3v) is 4.25. The SMILES string of the molecule is CNC(COc1ccccc1)Cc1ccc2c(c1)CCC2. The van der Waals surface area contributed by atoms with E-state index in [1.807, 2.05) is 37.4 Å². The van der Waals surface area contributed by atoms with Gasteiger partial charge < -0.3 is 10.1 Å². The quantitative estimate of drug-likeness (QED) is 0.876. The van der Waals surface area contributed by atoms with Gasteiger partial charge in [-0.15, -0.1) is 0 Å². The molecule has 1 N–H and O–H groups in total. The molecule has 0 amide bonds. The van der Waals surface area contributed by atoms with Crippen LogP contribution in [0.15, 0.2) is 48.5 Å². The third-order valence-electron chi connectivity index (χ3n) is 4.25. The van der Waals surface area contributed by atoms with Gasteiger partial charge in [0.2, 0.25) is 0 Å². The zero-order valence-electron chi connectivity index (χ0n) is 12.6. The van der Waals surface area contributed by atoms with Crippen molar-refractivity contribution in [3.63, 3.8) is 0 Å². The Bertz CT molecular complexity index is 579. The summed E-state index contributed by atoms with van der Waals surface area (Å²) in [6.45, 7) is 0.692. The maximum absolute atomic E-state index is 5.86. The number of nitrogens with one attached hydrogen (secondary N) is 1. The Labute approximate surface area is 127 Å². The zero-order chi connectivity index (χ0) is 14.5. The Morgan fingerprint density at radius 2 is 1.86 bits per heavy atom. The van der Waals surface area contributed by atoms with E-state index in [9.17, 15) is 0 Å². The van der Waals surface area contributed by atoms with Crippen molar-refractivity contribution in [1.82, 2.24) is 5.32 Å². The summed E-state index contributed by atoms with van der Waals surface area (Å²) in [5.74, 6) is 0.937. The fourth-order valence-electron chi connectivity index (χ4n) is 2.99. The van der Waals surface area contributed by atoms with Crippen molar-refractivity contribution in [1.29, 1.82) is 0 Å². The number of aryl methyl sites for hydroxylation is 2. The molecule has 2 heteroatoms. The Morgan fingerprint density at radius 3 is 2.67 bits per heavy atom. The van der Waals surface area contributed by atoms with Gasteiger partial charge in [-0.1, -0.05) is 36.4 Å². The fourth-order valence-corrected chi connectivity index (χ4v) is 2.99. The normalized spacial score (nSPS) is 14.7. The summed E-state index contributed by atoms with van der Waals surface area (Å²) in [4.78, 5) is 0. The van der Waals surface area contributed by atoms with Crippen LogP contribution in [0.2, 0.25) is 0 Å². The molecule has 1 aliphatic rings. The van der Waals surface area contributed by atoms with Gasteiger partial charge in [-0.3, -0.25) is 0 Å². The molecule has 21 heavy (non-hydrogen) atoms. The predicted molar refractivity (Wildman–Crippen MR) is 87.0 cm³/mol. The molecule has 1 aliphatic carbocycles. The summed E-state index contributed by atoms with van der Waals surface area (Å²) < 4.78 is 5.86. The molecule has 2 aromatic rings. The van der Waals surface area contributed by atoms with E-state index in [1.165, 1.54) is 24.8 Å². The van der Waals surface area contributed by atoms with Gasteiger partial charge >= 0.3 is 0 Å². The highest BCUT2D eigenvalue weighted by Gasteiger charge is 2.13. The molecule has 0 saturated heterocycles. The summed E-state index contributed by atoms with van der Waals surface area (Å²) in [5.41, 5.74) is 4.50. The molecule has 0 fully saturated rings. The summed E-state index contributed by atoms with van der Waals surface area (Å²) in [5, 5.41) is 3.36. The van der Waals surface area contributed by atoms with Crippen LogP contribution in [-0.2, 0) is 19.3 Å². The molecule has 0 aliphatic heterocycles. The average molecular weight is 281 g/mol. The second-order valence-corrected chi connectivity index (χ2v) is 5.77. The highest BCUT2D eigenvalue weighted by molar-refractivity contribution is 5.35. The first kappa shape index (κ1) is 14.2. The molecule has 2 nitrogen and oxygen atoms in total. The van der Waals surface area contributed by atoms with E-state index in [0.29, 0.717) is 12.6 Å². The van der Waals surface area contributed by atoms with Gasteiger partial charge in [0.25, 0.3) is 0 Å². The van der Waals surface area contributed by atoms with Crippen LogP contribution in [0.3, 0.4) is 0 Å². The molecular formula is C19H23NO. The van der Waals surface area contributed by atoms with Gasteiger partial charge in [-0.05, 0) is 61.6 Å². The van der Waals surface area contributed by atoms with Crippen molar-refractivity contribution < 1.29 is 4.74 Å². The molecule has 1 atom stereocenters. The summed E-state index contributed by atoms with van der Waals surface area (Å²) >= 11 is 0. The molecule has 1 unspecified atom stereocenters. The first-order valence-corrected chi connectivity index (χ1v) is 7.81. The maximum atomic E-state index is 5.86. The predicted octanol–water partition coefficient (Wildman–Crippen LogP) is 3.38. The van der Waals surface area contributed by atoms with Crippen LogP contribution in [0.5, 0.6) is 5.75 Å². The highest BCUT2D eigenvalue weighted by atomic mass is 16.5. The smallest absolute Gasteiger partial charge is 0.119 e. The van der Waals surface area contributed by atoms with Gasteiger partial charge in [0, 0.05) is 6.04 Å². The van der Waals surface area contributed by atoms with Crippen molar-refractivity contribution in [2.75, 3.05) is 13.7 Å². The number of para-hydroxylation sites is 1. The number of ether oxygens (including phenoxy) is 1. The molecule has 0 aromatic heterocycles. The van der Waals surface area contributed by atoms with Crippen LogP contribution in [0.4, 0.5) is 0 Å². The largest absolute Gasteiger partial charge is 0.492 e. The summed E-state index contributed by atoms with van der Waals surface area (Å²) in [6, 6.07) is 17.3. The summed E-state index contributed by atoms with van der Waals surface area (Å²) in [6.07, 6.45) is 4.82.